The number of hydrogen-bond donors (Lipinski definition) is 1. The van der Waals surface area contributed by atoms with Crippen LogP contribution in [0.4, 0.5) is 0 Å². The summed E-state index contributed by atoms with van der Waals surface area (Å²) in [7, 11) is 0. The summed E-state index contributed by atoms with van der Waals surface area (Å²) in [5.41, 5.74) is 3.48. The first kappa shape index (κ1) is 20.9. The number of para-hydroxylation sites is 1. The summed E-state index contributed by atoms with van der Waals surface area (Å²) in [5.74, 6) is 0.406. The molecule has 1 N–H and O–H groups in total. The predicted molar refractivity (Wildman–Crippen MR) is 133 cm³/mol. The summed E-state index contributed by atoms with van der Waals surface area (Å²) in [5, 5.41) is 2.84. The molecule has 0 bridgehead atoms. The standard InChI is InChI=1S/C27H22N4O2S/c32-22(14-26-30-19-9-3-4-11-24(19)34-26)18-8-5-10-20-27(18)31-25(29-20)13-23(33)21-12-16-6-1-2-7-17(16)15-28-21/h1-2,5-8,10,12,15H,3-4,9,11,13-14H2,(H,29,31). The first-order valence-electron chi connectivity index (χ1n) is 11.5. The topological polar surface area (TPSA) is 88.6 Å². The molecule has 2 aromatic carbocycles. The number of ketones is 2. The molecule has 3 aromatic heterocycles. The molecule has 168 valence electrons. The number of fused-ring (bicyclic) bond motifs is 3. The quantitative estimate of drug-likeness (QED) is 0.343. The number of aromatic nitrogens is 4. The first-order valence-corrected chi connectivity index (χ1v) is 12.3. The van der Waals surface area contributed by atoms with E-state index in [1.807, 2.05) is 42.5 Å². The van der Waals surface area contributed by atoms with E-state index in [1.54, 1.807) is 23.6 Å². The van der Waals surface area contributed by atoms with Crippen LogP contribution >= 0.6 is 11.3 Å². The SMILES string of the molecule is O=C(Cc1nc2c(C(=O)Cc3nc4c(s3)CCCC4)cccc2[nH]1)c1cc2ccccc2cn1. The number of aromatic amines is 1. The minimum absolute atomic E-state index is 0.00253. The van der Waals surface area contributed by atoms with E-state index in [9.17, 15) is 9.59 Å². The van der Waals surface area contributed by atoms with Gasteiger partial charge in [0, 0.05) is 22.0 Å². The van der Waals surface area contributed by atoms with Crippen molar-refractivity contribution in [2.45, 2.75) is 38.5 Å². The largest absolute Gasteiger partial charge is 0.342 e. The number of Topliss-reactive ketones (excluding diaryl/α,β-unsaturated/α-hetero) is 2. The molecule has 0 amide bonds. The van der Waals surface area contributed by atoms with Crippen LogP contribution < -0.4 is 0 Å². The van der Waals surface area contributed by atoms with Crippen LogP contribution in [0.15, 0.2) is 54.7 Å². The molecule has 0 radical (unpaired) electrons. The van der Waals surface area contributed by atoms with Crippen LogP contribution in [0.5, 0.6) is 0 Å². The van der Waals surface area contributed by atoms with E-state index >= 15 is 0 Å². The predicted octanol–water partition coefficient (Wildman–Crippen LogP) is 5.30. The fourth-order valence-electron chi connectivity index (χ4n) is 4.58. The van der Waals surface area contributed by atoms with Gasteiger partial charge in [0.25, 0.3) is 0 Å². The van der Waals surface area contributed by atoms with E-state index in [1.165, 1.54) is 23.4 Å². The normalized spacial score (nSPS) is 13.3. The Bertz CT molecular complexity index is 1540. The van der Waals surface area contributed by atoms with Crippen molar-refractivity contribution in [3.63, 3.8) is 0 Å². The second kappa shape index (κ2) is 8.57. The van der Waals surface area contributed by atoms with Gasteiger partial charge in [-0.2, -0.15) is 0 Å². The van der Waals surface area contributed by atoms with Gasteiger partial charge in [0.2, 0.25) is 0 Å². The van der Waals surface area contributed by atoms with E-state index in [4.69, 9.17) is 4.98 Å². The third kappa shape index (κ3) is 3.92. The maximum absolute atomic E-state index is 13.2. The number of nitrogens with zero attached hydrogens (tertiary/aromatic N) is 3. The van der Waals surface area contributed by atoms with Crippen molar-refractivity contribution in [3.8, 4) is 0 Å². The number of H-pyrrole nitrogens is 1. The van der Waals surface area contributed by atoms with Crippen LogP contribution in [0.25, 0.3) is 21.8 Å². The lowest BCUT2D eigenvalue weighted by Gasteiger charge is -2.06. The summed E-state index contributed by atoms with van der Waals surface area (Å²) in [4.78, 5) is 44.3. The van der Waals surface area contributed by atoms with E-state index in [-0.39, 0.29) is 24.4 Å². The molecule has 3 heterocycles. The summed E-state index contributed by atoms with van der Waals surface area (Å²) in [6.07, 6.45) is 6.54. The lowest BCUT2D eigenvalue weighted by atomic mass is 10.0. The van der Waals surface area contributed by atoms with E-state index in [0.29, 0.717) is 22.6 Å². The number of hydrogen-bond acceptors (Lipinski definition) is 6. The molecule has 0 fully saturated rings. The van der Waals surface area contributed by atoms with Gasteiger partial charge in [0.05, 0.1) is 29.6 Å². The molecular weight excluding hydrogens is 444 g/mol. The monoisotopic (exact) mass is 466 g/mol. The number of thiazole rings is 1. The minimum atomic E-state index is -0.119. The highest BCUT2D eigenvalue weighted by atomic mass is 32.1. The summed E-state index contributed by atoms with van der Waals surface area (Å²) < 4.78 is 0. The van der Waals surface area contributed by atoms with Gasteiger partial charge in [-0.05, 0) is 49.3 Å². The van der Waals surface area contributed by atoms with Crippen molar-refractivity contribution in [2.75, 3.05) is 0 Å². The lowest BCUT2D eigenvalue weighted by Crippen LogP contribution is -2.07. The maximum atomic E-state index is 13.2. The van der Waals surface area contributed by atoms with Gasteiger partial charge in [0.15, 0.2) is 11.6 Å². The Hall–Kier alpha value is -3.71. The number of rotatable bonds is 6. The fourth-order valence-corrected chi connectivity index (χ4v) is 5.74. The minimum Gasteiger partial charge on any atom is -0.342 e. The average Bonchev–Trinajstić information content (AvgIpc) is 3.46. The van der Waals surface area contributed by atoms with Gasteiger partial charge in [-0.15, -0.1) is 11.3 Å². The molecule has 0 atom stereocenters. The Morgan fingerprint density at radius 3 is 2.65 bits per heavy atom. The van der Waals surface area contributed by atoms with Crippen LogP contribution in [0.3, 0.4) is 0 Å². The molecule has 5 aromatic rings. The van der Waals surface area contributed by atoms with Gasteiger partial charge >= 0.3 is 0 Å². The molecule has 1 aliphatic carbocycles. The highest BCUT2D eigenvalue weighted by Gasteiger charge is 2.20. The van der Waals surface area contributed by atoms with Crippen LogP contribution in [0.1, 0.15) is 55.1 Å². The molecule has 0 aliphatic heterocycles. The zero-order chi connectivity index (χ0) is 23.1. The highest BCUT2D eigenvalue weighted by Crippen LogP contribution is 2.28. The van der Waals surface area contributed by atoms with Crippen LogP contribution in [0.2, 0.25) is 0 Å². The zero-order valence-electron chi connectivity index (χ0n) is 18.5. The Labute approximate surface area is 200 Å². The first-order chi connectivity index (χ1) is 16.6. The number of pyridine rings is 1. The molecule has 6 rings (SSSR count). The number of benzene rings is 2. The molecular formula is C27H22N4O2S. The zero-order valence-corrected chi connectivity index (χ0v) is 19.3. The van der Waals surface area contributed by atoms with E-state index in [0.717, 1.165) is 34.1 Å². The third-order valence-corrected chi connectivity index (χ3v) is 7.47. The Morgan fingerprint density at radius 2 is 1.76 bits per heavy atom. The van der Waals surface area contributed by atoms with Gasteiger partial charge in [-0.1, -0.05) is 30.3 Å². The van der Waals surface area contributed by atoms with Gasteiger partial charge in [-0.25, -0.2) is 9.97 Å². The molecule has 0 unspecified atom stereocenters. The molecule has 7 heteroatoms. The second-order valence-electron chi connectivity index (χ2n) is 8.69. The number of aryl methyl sites for hydroxylation is 2. The molecule has 0 spiro atoms. The van der Waals surface area contributed by atoms with Crippen LogP contribution in [-0.2, 0) is 25.7 Å². The van der Waals surface area contributed by atoms with Crippen molar-refractivity contribution in [1.82, 2.24) is 19.9 Å². The number of carbonyl (C=O) groups excluding carboxylic acids is 2. The van der Waals surface area contributed by atoms with E-state index < -0.39 is 0 Å². The van der Waals surface area contributed by atoms with Gasteiger partial charge in [0.1, 0.15) is 16.5 Å². The second-order valence-corrected chi connectivity index (χ2v) is 9.85. The molecule has 6 nitrogen and oxygen atoms in total. The molecule has 0 saturated heterocycles. The van der Waals surface area contributed by atoms with Crippen molar-refractivity contribution in [3.05, 3.63) is 87.4 Å². The maximum Gasteiger partial charge on any atom is 0.188 e. The smallest absolute Gasteiger partial charge is 0.188 e. The van der Waals surface area contributed by atoms with Crippen LogP contribution in [0, 0.1) is 0 Å². The summed E-state index contributed by atoms with van der Waals surface area (Å²) in [6.45, 7) is 0. The Kier molecular flexibility index (Phi) is 5.26. The lowest BCUT2D eigenvalue weighted by molar-refractivity contribution is 0.0982. The highest BCUT2D eigenvalue weighted by molar-refractivity contribution is 7.11. The Balaban J connectivity index is 1.24. The summed E-state index contributed by atoms with van der Waals surface area (Å²) in [6, 6.07) is 15.1. The van der Waals surface area contributed by atoms with Gasteiger partial charge < -0.3 is 4.98 Å². The van der Waals surface area contributed by atoms with Crippen molar-refractivity contribution >= 4 is 44.7 Å². The summed E-state index contributed by atoms with van der Waals surface area (Å²) >= 11 is 1.66. The third-order valence-electron chi connectivity index (χ3n) is 6.31. The van der Waals surface area contributed by atoms with Crippen LogP contribution in [-0.4, -0.2) is 31.5 Å². The number of nitrogens with one attached hydrogen (secondary N) is 1. The Morgan fingerprint density at radius 1 is 0.912 bits per heavy atom. The van der Waals surface area contributed by atoms with Crippen molar-refractivity contribution < 1.29 is 9.59 Å². The molecule has 34 heavy (non-hydrogen) atoms. The van der Waals surface area contributed by atoms with E-state index in [2.05, 4.69) is 15.0 Å². The fraction of sp³-hybridized carbons (Fsp3) is 0.222. The number of carbonyl (C=O) groups is 2. The van der Waals surface area contributed by atoms with Crippen molar-refractivity contribution in [1.29, 1.82) is 0 Å². The molecule has 0 saturated carbocycles. The average molecular weight is 467 g/mol. The number of imidazole rings is 1. The van der Waals surface area contributed by atoms with Crippen molar-refractivity contribution in [2.24, 2.45) is 0 Å². The van der Waals surface area contributed by atoms with Gasteiger partial charge in [-0.3, -0.25) is 14.6 Å². The molecule has 1 aliphatic rings.